The molecule has 1 unspecified atom stereocenters. The van der Waals surface area contributed by atoms with Crippen molar-refractivity contribution in [3.05, 3.63) is 35.1 Å². The second-order valence-corrected chi connectivity index (χ2v) is 5.20. The molecule has 1 aromatic rings. The first kappa shape index (κ1) is 12.6. The largest absolute Gasteiger partial charge is 0.396 e. The van der Waals surface area contributed by atoms with Crippen LogP contribution in [0.2, 0.25) is 0 Å². The Labute approximate surface area is 103 Å². The van der Waals surface area contributed by atoms with Crippen molar-refractivity contribution in [2.75, 3.05) is 6.61 Å². The molecule has 0 aromatic heterocycles. The Kier molecular flexibility index (Phi) is 4.16. The minimum absolute atomic E-state index is 0.0184. The highest BCUT2D eigenvalue weighted by Crippen LogP contribution is 2.34. The summed E-state index contributed by atoms with van der Waals surface area (Å²) in [4.78, 5) is 0. The maximum atomic E-state index is 14.0. The van der Waals surface area contributed by atoms with Gasteiger partial charge < -0.3 is 5.11 Å². The molecule has 94 valence electrons. The van der Waals surface area contributed by atoms with E-state index in [1.165, 1.54) is 19.3 Å². The average molecular weight is 236 g/mol. The van der Waals surface area contributed by atoms with Gasteiger partial charge in [0.15, 0.2) is 0 Å². The van der Waals surface area contributed by atoms with Crippen molar-refractivity contribution < 1.29 is 9.50 Å². The monoisotopic (exact) mass is 236 g/mol. The lowest BCUT2D eigenvalue weighted by atomic mass is 9.83. The van der Waals surface area contributed by atoms with Gasteiger partial charge in [-0.05, 0) is 36.0 Å². The summed E-state index contributed by atoms with van der Waals surface area (Å²) in [6, 6.07) is 5.49. The normalized spacial score (nSPS) is 19.2. The Morgan fingerprint density at radius 2 is 2.00 bits per heavy atom. The SMILES string of the molecule is CC(CO)c1ccc(C2CCCCC2)c(F)c1. The molecule has 0 radical (unpaired) electrons. The zero-order valence-corrected chi connectivity index (χ0v) is 10.5. The van der Waals surface area contributed by atoms with Crippen LogP contribution >= 0.6 is 0 Å². The Morgan fingerprint density at radius 1 is 1.29 bits per heavy atom. The van der Waals surface area contributed by atoms with Gasteiger partial charge in [-0.15, -0.1) is 0 Å². The first-order valence-corrected chi connectivity index (χ1v) is 6.62. The molecule has 0 saturated heterocycles. The van der Waals surface area contributed by atoms with Crippen LogP contribution < -0.4 is 0 Å². The molecular weight excluding hydrogens is 215 g/mol. The molecule has 1 N–H and O–H groups in total. The van der Waals surface area contributed by atoms with E-state index in [9.17, 15) is 4.39 Å². The second kappa shape index (κ2) is 5.63. The quantitative estimate of drug-likeness (QED) is 0.842. The zero-order valence-electron chi connectivity index (χ0n) is 10.5. The first-order chi connectivity index (χ1) is 8.22. The van der Waals surface area contributed by atoms with Gasteiger partial charge in [0.05, 0.1) is 0 Å². The number of hydrogen-bond donors (Lipinski definition) is 1. The summed E-state index contributed by atoms with van der Waals surface area (Å²) in [6.45, 7) is 1.98. The molecular formula is C15H21FO. The van der Waals surface area contributed by atoms with Crippen molar-refractivity contribution in [2.45, 2.75) is 50.9 Å². The molecule has 17 heavy (non-hydrogen) atoms. The van der Waals surface area contributed by atoms with Gasteiger partial charge in [0.25, 0.3) is 0 Å². The summed E-state index contributed by atoms with van der Waals surface area (Å²) in [5.41, 5.74) is 1.77. The molecule has 1 atom stereocenters. The highest BCUT2D eigenvalue weighted by atomic mass is 19.1. The lowest BCUT2D eigenvalue weighted by molar-refractivity contribution is 0.273. The molecule has 0 spiro atoms. The summed E-state index contributed by atoms with van der Waals surface area (Å²) < 4.78 is 14.0. The predicted molar refractivity (Wildman–Crippen MR) is 67.7 cm³/mol. The Balaban J connectivity index is 2.18. The van der Waals surface area contributed by atoms with E-state index < -0.39 is 0 Å². The molecule has 2 rings (SSSR count). The molecule has 1 saturated carbocycles. The fraction of sp³-hybridized carbons (Fsp3) is 0.600. The van der Waals surface area contributed by atoms with E-state index in [1.54, 1.807) is 6.07 Å². The summed E-state index contributed by atoms with van der Waals surface area (Å²) >= 11 is 0. The van der Waals surface area contributed by atoms with Gasteiger partial charge in [-0.1, -0.05) is 38.3 Å². The van der Waals surface area contributed by atoms with Crippen molar-refractivity contribution in [1.82, 2.24) is 0 Å². The van der Waals surface area contributed by atoms with E-state index in [1.807, 2.05) is 19.1 Å². The van der Waals surface area contributed by atoms with Crippen LogP contribution in [-0.4, -0.2) is 11.7 Å². The molecule has 0 heterocycles. The van der Waals surface area contributed by atoms with E-state index in [2.05, 4.69) is 0 Å². The fourth-order valence-electron chi connectivity index (χ4n) is 2.70. The molecule has 1 nitrogen and oxygen atoms in total. The van der Waals surface area contributed by atoms with Crippen LogP contribution in [0.4, 0.5) is 4.39 Å². The van der Waals surface area contributed by atoms with Crippen LogP contribution in [0.15, 0.2) is 18.2 Å². The van der Waals surface area contributed by atoms with Crippen molar-refractivity contribution in [1.29, 1.82) is 0 Å². The van der Waals surface area contributed by atoms with Gasteiger partial charge in [-0.25, -0.2) is 4.39 Å². The van der Waals surface area contributed by atoms with Gasteiger partial charge in [0, 0.05) is 12.5 Å². The molecule has 1 aliphatic carbocycles. The number of hydrogen-bond acceptors (Lipinski definition) is 1. The number of rotatable bonds is 3. The maximum Gasteiger partial charge on any atom is 0.126 e. The summed E-state index contributed by atoms with van der Waals surface area (Å²) in [5.74, 6) is 0.335. The molecule has 1 fully saturated rings. The third-order valence-electron chi connectivity index (χ3n) is 3.91. The standard InChI is InChI=1S/C15H21FO/c1-11(10-17)13-7-8-14(15(16)9-13)12-5-3-2-4-6-12/h7-9,11-12,17H,2-6,10H2,1H3. The predicted octanol–water partition coefficient (Wildman–Crippen LogP) is 3.97. The first-order valence-electron chi connectivity index (χ1n) is 6.62. The van der Waals surface area contributed by atoms with Gasteiger partial charge in [-0.3, -0.25) is 0 Å². The highest BCUT2D eigenvalue weighted by molar-refractivity contribution is 5.29. The van der Waals surface area contributed by atoms with Crippen LogP contribution in [0.5, 0.6) is 0 Å². The minimum Gasteiger partial charge on any atom is -0.396 e. The summed E-state index contributed by atoms with van der Waals surface area (Å²) in [5, 5.41) is 9.07. The van der Waals surface area contributed by atoms with Crippen LogP contribution in [-0.2, 0) is 0 Å². The number of aliphatic hydroxyl groups excluding tert-OH is 1. The Morgan fingerprint density at radius 3 is 2.59 bits per heavy atom. The van der Waals surface area contributed by atoms with Crippen LogP contribution in [0.25, 0.3) is 0 Å². The third kappa shape index (κ3) is 2.86. The van der Waals surface area contributed by atoms with Crippen LogP contribution in [0.1, 0.15) is 62.0 Å². The van der Waals surface area contributed by atoms with Gasteiger partial charge in [0.2, 0.25) is 0 Å². The Hall–Kier alpha value is -0.890. The average Bonchev–Trinajstić information content (AvgIpc) is 2.38. The molecule has 1 aliphatic rings. The highest BCUT2D eigenvalue weighted by Gasteiger charge is 2.19. The molecule has 0 amide bonds. The Bertz CT molecular complexity index is 369. The second-order valence-electron chi connectivity index (χ2n) is 5.20. The van der Waals surface area contributed by atoms with Crippen molar-refractivity contribution in [3.8, 4) is 0 Å². The van der Waals surface area contributed by atoms with Crippen LogP contribution in [0.3, 0.4) is 0 Å². The zero-order chi connectivity index (χ0) is 12.3. The van der Waals surface area contributed by atoms with E-state index >= 15 is 0 Å². The minimum atomic E-state index is -0.0882. The van der Waals surface area contributed by atoms with E-state index in [4.69, 9.17) is 5.11 Å². The van der Waals surface area contributed by atoms with Crippen LogP contribution in [0, 0.1) is 5.82 Å². The number of aliphatic hydroxyl groups is 1. The molecule has 2 heteroatoms. The number of benzene rings is 1. The van der Waals surface area contributed by atoms with E-state index in [0.717, 1.165) is 24.0 Å². The fourth-order valence-corrected chi connectivity index (χ4v) is 2.70. The van der Waals surface area contributed by atoms with Gasteiger partial charge >= 0.3 is 0 Å². The molecule has 0 bridgehead atoms. The topological polar surface area (TPSA) is 20.2 Å². The molecule has 1 aromatic carbocycles. The third-order valence-corrected chi connectivity index (χ3v) is 3.91. The number of halogens is 1. The van der Waals surface area contributed by atoms with E-state index in [0.29, 0.717) is 5.92 Å². The summed E-state index contributed by atoms with van der Waals surface area (Å²) in [6.07, 6.45) is 5.97. The lowest BCUT2D eigenvalue weighted by Crippen LogP contribution is -2.08. The lowest BCUT2D eigenvalue weighted by Gasteiger charge is -2.23. The summed E-state index contributed by atoms with van der Waals surface area (Å²) in [7, 11) is 0. The maximum absolute atomic E-state index is 14.0. The smallest absolute Gasteiger partial charge is 0.126 e. The van der Waals surface area contributed by atoms with Gasteiger partial charge in [-0.2, -0.15) is 0 Å². The van der Waals surface area contributed by atoms with E-state index in [-0.39, 0.29) is 18.3 Å². The van der Waals surface area contributed by atoms with Gasteiger partial charge in [0.1, 0.15) is 5.82 Å². The molecule has 0 aliphatic heterocycles. The van der Waals surface area contributed by atoms with Crippen molar-refractivity contribution >= 4 is 0 Å². The van der Waals surface area contributed by atoms with Crippen molar-refractivity contribution in [2.24, 2.45) is 0 Å². The van der Waals surface area contributed by atoms with Crippen molar-refractivity contribution in [3.63, 3.8) is 0 Å².